The molecule has 2 aromatic rings. The van der Waals surface area contributed by atoms with Crippen LogP contribution in [0, 0.1) is 5.82 Å². The van der Waals surface area contributed by atoms with E-state index in [1.165, 1.54) is 17.4 Å². The number of thiophene rings is 1. The first kappa shape index (κ1) is 14.0. The van der Waals surface area contributed by atoms with Gasteiger partial charge in [0, 0.05) is 9.85 Å². The summed E-state index contributed by atoms with van der Waals surface area (Å²) in [5, 5.41) is 4.49. The van der Waals surface area contributed by atoms with Crippen molar-refractivity contribution in [2.24, 2.45) is 0 Å². The summed E-state index contributed by atoms with van der Waals surface area (Å²) in [6, 6.07) is 4.09. The van der Waals surface area contributed by atoms with Gasteiger partial charge in [-0.1, -0.05) is 11.6 Å². The Kier molecular flexibility index (Phi) is 4.42. The topological polar surface area (TPSA) is 29.1 Å². The molecule has 94 valence electrons. The lowest BCUT2D eigenvalue weighted by atomic mass is 10.2. The molecule has 0 saturated heterocycles. The highest BCUT2D eigenvalue weighted by Crippen LogP contribution is 2.32. The van der Waals surface area contributed by atoms with E-state index in [0.717, 1.165) is 9.85 Å². The van der Waals surface area contributed by atoms with E-state index in [2.05, 4.69) is 37.2 Å². The molecule has 0 radical (unpaired) electrons. The highest BCUT2D eigenvalue weighted by atomic mass is 79.9. The lowest BCUT2D eigenvalue weighted by Crippen LogP contribution is -2.11. The number of amides is 1. The molecule has 1 amide bonds. The normalized spacial score (nSPS) is 10.4. The molecule has 0 saturated carbocycles. The monoisotopic (exact) mass is 411 g/mol. The van der Waals surface area contributed by atoms with Crippen LogP contribution in [-0.4, -0.2) is 5.91 Å². The first-order valence-corrected chi connectivity index (χ1v) is 7.51. The molecule has 18 heavy (non-hydrogen) atoms. The fraction of sp³-hybridized carbons (Fsp3) is 0. The first-order chi connectivity index (χ1) is 8.47. The van der Waals surface area contributed by atoms with Crippen LogP contribution >= 0.6 is 54.8 Å². The molecular weight excluding hydrogens is 408 g/mol. The van der Waals surface area contributed by atoms with Crippen LogP contribution in [0.3, 0.4) is 0 Å². The van der Waals surface area contributed by atoms with Crippen molar-refractivity contribution in [3.8, 4) is 0 Å². The van der Waals surface area contributed by atoms with E-state index in [4.69, 9.17) is 11.6 Å². The molecule has 0 spiro atoms. The summed E-state index contributed by atoms with van der Waals surface area (Å²) in [5.41, 5.74) is 0.865. The molecule has 0 bridgehead atoms. The van der Waals surface area contributed by atoms with Gasteiger partial charge in [-0.15, -0.1) is 11.3 Å². The molecule has 0 fully saturated rings. The number of hydrogen-bond donors (Lipinski definition) is 1. The summed E-state index contributed by atoms with van der Waals surface area (Å²) in [6.45, 7) is 0. The summed E-state index contributed by atoms with van der Waals surface area (Å²) < 4.78 is 14.3. The van der Waals surface area contributed by atoms with Crippen LogP contribution in [0.2, 0.25) is 5.02 Å². The predicted molar refractivity (Wildman–Crippen MR) is 79.1 cm³/mol. The third kappa shape index (κ3) is 3.12. The van der Waals surface area contributed by atoms with Gasteiger partial charge in [0.1, 0.15) is 5.82 Å². The molecule has 1 aromatic heterocycles. The molecule has 0 aliphatic rings. The highest BCUT2D eigenvalue weighted by Gasteiger charge is 2.13. The molecule has 2 rings (SSSR count). The Labute approximate surface area is 128 Å². The van der Waals surface area contributed by atoms with Crippen LogP contribution in [0.4, 0.5) is 10.1 Å². The van der Waals surface area contributed by atoms with Crippen molar-refractivity contribution in [3.05, 3.63) is 48.2 Å². The average Bonchev–Trinajstić information content (AvgIpc) is 2.70. The minimum Gasteiger partial charge on any atom is -0.320 e. The van der Waals surface area contributed by atoms with Crippen LogP contribution in [0.5, 0.6) is 0 Å². The molecule has 0 aliphatic heterocycles. The minimum absolute atomic E-state index is 0.143. The highest BCUT2D eigenvalue weighted by molar-refractivity contribution is 9.11. The summed E-state index contributed by atoms with van der Waals surface area (Å²) in [5.74, 6) is -0.769. The zero-order valence-electron chi connectivity index (χ0n) is 8.64. The maximum atomic E-state index is 13.0. The van der Waals surface area contributed by atoms with Crippen LogP contribution in [0.15, 0.2) is 31.8 Å². The number of carbonyl (C=O) groups excluding carboxylic acids is 1. The number of carbonyl (C=O) groups is 1. The maximum absolute atomic E-state index is 13.0. The zero-order valence-corrected chi connectivity index (χ0v) is 13.4. The number of nitrogens with one attached hydrogen (secondary N) is 1. The third-order valence-corrected chi connectivity index (χ3v) is 4.50. The lowest BCUT2D eigenvalue weighted by molar-refractivity contribution is 0.102. The van der Waals surface area contributed by atoms with Crippen molar-refractivity contribution < 1.29 is 9.18 Å². The van der Waals surface area contributed by atoms with E-state index >= 15 is 0 Å². The van der Waals surface area contributed by atoms with E-state index in [1.807, 2.05) is 0 Å². The Morgan fingerprint density at radius 3 is 2.61 bits per heavy atom. The summed E-state index contributed by atoms with van der Waals surface area (Å²) in [4.78, 5) is 11.9. The Bertz CT molecular complexity index is 594. The number of anilines is 1. The number of halogens is 4. The van der Waals surface area contributed by atoms with Gasteiger partial charge < -0.3 is 5.32 Å². The maximum Gasteiger partial charge on any atom is 0.256 e. The van der Waals surface area contributed by atoms with E-state index in [1.54, 1.807) is 11.4 Å². The smallest absolute Gasteiger partial charge is 0.256 e. The van der Waals surface area contributed by atoms with Crippen LogP contribution in [0.1, 0.15) is 10.4 Å². The Morgan fingerprint density at radius 1 is 1.33 bits per heavy atom. The molecule has 2 nitrogen and oxygen atoms in total. The van der Waals surface area contributed by atoms with Crippen molar-refractivity contribution in [2.75, 3.05) is 5.32 Å². The second-order valence-electron chi connectivity index (χ2n) is 3.34. The standard InChI is InChI=1S/C11H5Br2ClFNOS/c12-7-2-6(15)3-8(14)10(7)16-11(17)5-1-9(13)18-4-5/h1-4H,(H,16,17). The van der Waals surface area contributed by atoms with Crippen LogP contribution in [-0.2, 0) is 0 Å². The van der Waals surface area contributed by atoms with Gasteiger partial charge in [0.2, 0.25) is 0 Å². The van der Waals surface area contributed by atoms with Gasteiger partial charge in [-0.25, -0.2) is 4.39 Å². The summed E-state index contributed by atoms with van der Waals surface area (Å²) in [7, 11) is 0. The minimum atomic E-state index is -0.469. The lowest BCUT2D eigenvalue weighted by Gasteiger charge is -2.08. The predicted octanol–water partition coefficient (Wildman–Crippen LogP) is 5.32. The number of rotatable bonds is 2. The van der Waals surface area contributed by atoms with Gasteiger partial charge >= 0.3 is 0 Å². The average molecular weight is 413 g/mol. The SMILES string of the molecule is O=C(Nc1c(Cl)cc(F)cc1Br)c1csc(Br)c1. The van der Waals surface area contributed by atoms with E-state index in [-0.39, 0.29) is 10.9 Å². The van der Waals surface area contributed by atoms with Gasteiger partial charge in [0.05, 0.1) is 20.1 Å². The quantitative estimate of drug-likeness (QED) is 0.710. The van der Waals surface area contributed by atoms with Crippen LogP contribution in [0.25, 0.3) is 0 Å². The Hall–Kier alpha value is -0.430. The van der Waals surface area contributed by atoms with Crippen LogP contribution < -0.4 is 5.32 Å². The molecule has 0 aliphatic carbocycles. The van der Waals surface area contributed by atoms with Gasteiger partial charge in [0.25, 0.3) is 5.91 Å². The fourth-order valence-electron chi connectivity index (χ4n) is 1.28. The van der Waals surface area contributed by atoms with Crippen molar-refractivity contribution in [3.63, 3.8) is 0 Å². The fourth-order valence-corrected chi connectivity index (χ4v) is 3.31. The Balaban J connectivity index is 2.27. The molecule has 1 N–H and O–H groups in total. The third-order valence-electron chi connectivity index (χ3n) is 2.08. The molecule has 1 heterocycles. The Morgan fingerprint density at radius 2 is 2.06 bits per heavy atom. The number of benzene rings is 1. The number of hydrogen-bond acceptors (Lipinski definition) is 2. The largest absolute Gasteiger partial charge is 0.320 e. The molecular formula is C11H5Br2ClFNOS. The van der Waals surface area contributed by atoms with Crippen molar-refractivity contribution in [1.29, 1.82) is 0 Å². The summed E-state index contributed by atoms with van der Waals surface area (Å²) >= 11 is 13.7. The van der Waals surface area contributed by atoms with Gasteiger partial charge in [0.15, 0.2) is 0 Å². The van der Waals surface area contributed by atoms with Gasteiger partial charge in [-0.05, 0) is 50.1 Å². The second-order valence-corrected chi connectivity index (χ2v) is 6.89. The second kappa shape index (κ2) is 5.69. The molecule has 0 unspecified atom stereocenters. The molecule has 7 heteroatoms. The van der Waals surface area contributed by atoms with E-state index in [0.29, 0.717) is 15.7 Å². The zero-order chi connectivity index (χ0) is 13.3. The van der Waals surface area contributed by atoms with E-state index < -0.39 is 5.82 Å². The molecule has 0 atom stereocenters. The van der Waals surface area contributed by atoms with Crippen molar-refractivity contribution in [1.82, 2.24) is 0 Å². The summed E-state index contributed by atoms with van der Waals surface area (Å²) in [6.07, 6.45) is 0. The van der Waals surface area contributed by atoms with Gasteiger partial charge in [-0.3, -0.25) is 4.79 Å². The van der Waals surface area contributed by atoms with Crippen molar-refractivity contribution in [2.45, 2.75) is 0 Å². The van der Waals surface area contributed by atoms with E-state index in [9.17, 15) is 9.18 Å². The molecule has 1 aromatic carbocycles. The van der Waals surface area contributed by atoms with Crippen molar-refractivity contribution >= 4 is 66.4 Å². The van der Waals surface area contributed by atoms with Gasteiger partial charge in [-0.2, -0.15) is 0 Å². The first-order valence-electron chi connectivity index (χ1n) is 4.67.